The number of ether oxygens (including phenoxy) is 2. The molecule has 3 fully saturated rings. The van der Waals surface area contributed by atoms with Gasteiger partial charge in [0.25, 0.3) is 0 Å². The van der Waals surface area contributed by atoms with Crippen LogP contribution in [0.3, 0.4) is 0 Å². The molecule has 114 valence electrons. The smallest absolute Gasteiger partial charge is 0.407 e. The lowest BCUT2D eigenvalue weighted by Gasteiger charge is -2.47. The first kappa shape index (κ1) is 15.1. The first-order valence-electron chi connectivity index (χ1n) is 7.39. The molecule has 20 heavy (non-hydrogen) atoms. The monoisotopic (exact) mass is 283 g/mol. The summed E-state index contributed by atoms with van der Waals surface area (Å²) in [6.45, 7) is 5.49. The van der Waals surface area contributed by atoms with Crippen molar-refractivity contribution >= 4 is 12.1 Å². The zero-order chi connectivity index (χ0) is 14.9. The molecule has 3 aliphatic rings. The van der Waals surface area contributed by atoms with Gasteiger partial charge in [0.2, 0.25) is 0 Å². The highest BCUT2D eigenvalue weighted by molar-refractivity contribution is 5.76. The Morgan fingerprint density at radius 3 is 2.10 bits per heavy atom. The number of hydrogen-bond donors (Lipinski definition) is 1. The van der Waals surface area contributed by atoms with Crippen molar-refractivity contribution in [1.82, 2.24) is 5.32 Å². The van der Waals surface area contributed by atoms with Gasteiger partial charge in [0.05, 0.1) is 13.0 Å². The molecule has 0 spiro atoms. The maximum atomic E-state index is 12.0. The molecule has 2 atom stereocenters. The third kappa shape index (κ3) is 3.25. The van der Waals surface area contributed by atoms with Gasteiger partial charge in [0.1, 0.15) is 5.60 Å². The van der Waals surface area contributed by atoms with E-state index < -0.39 is 11.7 Å². The Morgan fingerprint density at radius 2 is 1.60 bits per heavy atom. The topological polar surface area (TPSA) is 64.6 Å². The first-order valence-corrected chi connectivity index (χ1v) is 7.39. The van der Waals surface area contributed by atoms with Crippen LogP contribution >= 0.6 is 0 Å². The second-order valence-electron chi connectivity index (χ2n) is 6.90. The Balaban J connectivity index is 2.07. The van der Waals surface area contributed by atoms with Crippen molar-refractivity contribution in [3.8, 4) is 0 Å². The number of hydrogen-bond acceptors (Lipinski definition) is 4. The standard InChI is InChI=1S/C15H25NO4/c1-15(2,3)20-14(18)16-12-10-7-5-9(6-8-10)11(12)13(17)19-4/h9-12H,5-8H2,1-4H3,(H,16,18)/t9?,10?,11-,12+/m0/s1. The predicted octanol–water partition coefficient (Wildman–Crippen LogP) is 2.49. The Hall–Kier alpha value is -1.26. The van der Waals surface area contributed by atoms with Crippen LogP contribution in [0, 0.1) is 17.8 Å². The molecule has 2 bridgehead atoms. The minimum absolute atomic E-state index is 0.148. The maximum Gasteiger partial charge on any atom is 0.407 e. The highest BCUT2D eigenvalue weighted by Gasteiger charge is 2.48. The minimum atomic E-state index is -0.529. The summed E-state index contributed by atoms with van der Waals surface area (Å²) < 4.78 is 10.2. The van der Waals surface area contributed by atoms with Crippen molar-refractivity contribution in [3.63, 3.8) is 0 Å². The largest absolute Gasteiger partial charge is 0.469 e. The SMILES string of the molecule is COC(=O)[C@H]1C2CCC(CC2)[C@H]1NC(=O)OC(C)(C)C. The van der Waals surface area contributed by atoms with Crippen LogP contribution in [0.2, 0.25) is 0 Å². The van der Waals surface area contributed by atoms with Crippen LogP contribution in [0.5, 0.6) is 0 Å². The van der Waals surface area contributed by atoms with E-state index in [-0.39, 0.29) is 17.9 Å². The normalized spacial score (nSPS) is 32.6. The van der Waals surface area contributed by atoms with Crippen molar-refractivity contribution in [2.24, 2.45) is 17.8 Å². The molecule has 0 heterocycles. The van der Waals surface area contributed by atoms with Crippen molar-refractivity contribution in [2.45, 2.75) is 58.1 Å². The highest BCUT2D eigenvalue weighted by Crippen LogP contribution is 2.45. The Morgan fingerprint density at radius 1 is 1.05 bits per heavy atom. The van der Waals surface area contributed by atoms with Crippen molar-refractivity contribution in [2.75, 3.05) is 7.11 Å². The van der Waals surface area contributed by atoms with E-state index in [1.165, 1.54) is 7.11 Å². The fourth-order valence-corrected chi connectivity index (χ4v) is 3.58. The van der Waals surface area contributed by atoms with Crippen LogP contribution in [-0.2, 0) is 14.3 Å². The van der Waals surface area contributed by atoms with E-state index in [1.54, 1.807) is 0 Å². The van der Waals surface area contributed by atoms with Gasteiger partial charge in [0, 0.05) is 6.04 Å². The molecule has 0 aromatic rings. The number of rotatable bonds is 2. The molecule has 3 aliphatic carbocycles. The number of nitrogens with one attached hydrogen (secondary N) is 1. The summed E-state index contributed by atoms with van der Waals surface area (Å²) in [6, 6.07) is -0.148. The van der Waals surface area contributed by atoms with Crippen molar-refractivity contribution in [3.05, 3.63) is 0 Å². The summed E-state index contributed by atoms with van der Waals surface area (Å²) in [6.07, 6.45) is 3.80. The average molecular weight is 283 g/mol. The number of carbonyl (C=O) groups excluding carboxylic acids is 2. The lowest BCUT2D eigenvalue weighted by molar-refractivity contribution is -0.153. The number of carbonyl (C=O) groups is 2. The van der Waals surface area contributed by atoms with Crippen molar-refractivity contribution in [1.29, 1.82) is 0 Å². The third-order valence-corrected chi connectivity index (χ3v) is 4.38. The maximum absolute atomic E-state index is 12.0. The third-order valence-electron chi connectivity index (χ3n) is 4.38. The summed E-state index contributed by atoms with van der Waals surface area (Å²) in [5.74, 6) is 0.254. The quantitative estimate of drug-likeness (QED) is 0.791. The molecule has 3 rings (SSSR count). The summed E-state index contributed by atoms with van der Waals surface area (Å²) in [5.41, 5.74) is -0.529. The molecule has 0 aromatic carbocycles. The van der Waals surface area contributed by atoms with Gasteiger partial charge in [-0.05, 0) is 58.3 Å². The summed E-state index contributed by atoms with van der Waals surface area (Å²) in [4.78, 5) is 24.0. The summed E-state index contributed by atoms with van der Waals surface area (Å²) in [5, 5.41) is 2.91. The number of alkyl carbamates (subject to hydrolysis) is 1. The van der Waals surface area contributed by atoms with E-state index in [1.807, 2.05) is 20.8 Å². The van der Waals surface area contributed by atoms with Gasteiger partial charge in [-0.2, -0.15) is 0 Å². The van der Waals surface area contributed by atoms with E-state index in [4.69, 9.17) is 9.47 Å². The first-order chi connectivity index (χ1) is 9.31. The second-order valence-corrected chi connectivity index (χ2v) is 6.90. The Bertz CT molecular complexity index is 380. The lowest BCUT2D eigenvalue weighted by Crippen LogP contribution is -2.56. The van der Waals surface area contributed by atoms with E-state index in [0.717, 1.165) is 25.7 Å². The molecule has 0 aromatic heterocycles. The molecule has 0 unspecified atom stereocenters. The summed E-state index contributed by atoms with van der Waals surface area (Å²) in [7, 11) is 1.41. The molecular weight excluding hydrogens is 258 g/mol. The number of esters is 1. The number of fused-ring (bicyclic) bond motifs is 3. The van der Waals surface area contributed by atoms with Gasteiger partial charge in [-0.15, -0.1) is 0 Å². The Kier molecular flexibility index (Phi) is 4.25. The van der Waals surface area contributed by atoms with Gasteiger partial charge in [-0.1, -0.05) is 0 Å². The predicted molar refractivity (Wildman–Crippen MR) is 74.1 cm³/mol. The fourth-order valence-electron chi connectivity index (χ4n) is 3.58. The zero-order valence-corrected chi connectivity index (χ0v) is 12.8. The molecular formula is C15H25NO4. The van der Waals surface area contributed by atoms with Crippen LogP contribution < -0.4 is 5.32 Å². The minimum Gasteiger partial charge on any atom is -0.469 e. The van der Waals surface area contributed by atoms with Crippen LogP contribution in [0.15, 0.2) is 0 Å². The fraction of sp³-hybridized carbons (Fsp3) is 0.867. The van der Waals surface area contributed by atoms with Crippen LogP contribution in [0.1, 0.15) is 46.5 Å². The van der Waals surface area contributed by atoms with Crippen molar-refractivity contribution < 1.29 is 19.1 Å². The molecule has 3 saturated carbocycles. The molecule has 0 saturated heterocycles. The summed E-state index contributed by atoms with van der Waals surface area (Å²) >= 11 is 0. The van der Waals surface area contributed by atoms with Gasteiger partial charge in [0.15, 0.2) is 0 Å². The van der Waals surface area contributed by atoms with Gasteiger partial charge < -0.3 is 14.8 Å². The van der Waals surface area contributed by atoms with Crippen LogP contribution in [-0.4, -0.2) is 30.8 Å². The van der Waals surface area contributed by atoms with Crippen LogP contribution in [0.25, 0.3) is 0 Å². The molecule has 0 aliphatic heterocycles. The highest BCUT2D eigenvalue weighted by atomic mass is 16.6. The molecule has 0 radical (unpaired) electrons. The van der Waals surface area contributed by atoms with E-state index >= 15 is 0 Å². The van der Waals surface area contributed by atoms with Gasteiger partial charge >= 0.3 is 12.1 Å². The zero-order valence-electron chi connectivity index (χ0n) is 12.8. The van der Waals surface area contributed by atoms with E-state index in [0.29, 0.717) is 11.8 Å². The molecule has 5 nitrogen and oxygen atoms in total. The van der Waals surface area contributed by atoms with E-state index in [2.05, 4.69) is 5.32 Å². The van der Waals surface area contributed by atoms with Gasteiger partial charge in [-0.25, -0.2) is 4.79 Å². The second kappa shape index (κ2) is 5.62. The average Bonchev–Trinajstić information content (AvgIpc) is 2.37. The molecule has 5 heteroatoms. The lowest BCUT2D eigenvalue weighted by atomic mass is 9.61. The van der Waals surface area contributed by atoms with Crippen LogP contribution in [0.4, 0.5) is 4.79 Å². The molecule has 1 N–H and O–H groups in total. The molecule has 1 amide bonds. The van der Waals surface area contributed by atoms with Gasteiger partial charge in [-0.3, -0.25) is 4.79 Å². The van der Waals surface area contributed by atoms with E-state index in [9.17, 15) is 9.59 Å². The Labute approximate surface area is 120 Å². The number of methoxy groups -OCH3 is 1. The number of amides is 1.